The third-order valence-corrected chi connectivity index (χ3v) is 6.79. The van der Waals surface area contributed by atoms with Crippen molar-refractivity contribution in [2.24, 2.45) is 0 Å². The summed E-state index contributed by atoms with van der Waals surface area (Å²) in [6.07, 6.45) is 0. The van der Waals surface area contributed by atoms with Gasteiger partial charge in [0.05, 0.1) is 30.0 Å². The summed E-state index contributed by atoms with van der Waals surface area (Å²) in [7, 11) is 2.96. The van der Waals surface area contributed by atoms with E-state index in [-0.39, 0.29) is 16.5 Å². The van der Waals surface area contributed by atoms with Crippen LogP contribution in [0.5, 0.6) is 11.5 Å². The first-order valence-corrected chi connectivity index (χ1v) is 11.4. The molecule has 35 heavy (non-hydrogen) atoms. The molecule has 3 aromatic carbocycles. The Labute approximate surface area is 203 Å². The summed E-state index contributed by atoms with van der Waals surface area (Å²) in [4.78, 5) is 32.4. The van der Waals surface area contributed by atoms with Gasteiger partial charge in [0.1, 0.15) is 29.1 Å². The molecule has 0 aliphatic carbocycles. The van der Waals surface area contributed by atoms with Crippen molar-refractivity contribution in [2.75, 3.05) is 19.1 Å². The normalized spacial score (nSPS) is 17.2. The van der Waals surface area contributed by atoms with Crippen LogP contribution in [0.1, 0.15) is 17.2 Å². The smallest absolute Gasteiger partial charge is 0.301 e. The molecule has 9 heteroatoms. The number of rotatable bonds is 5. The maximum atomic E-state index is 13.8. The van der Waals surface area contributed by atoms with Crippen LogP contribution in [0.25, 0.3) is 16.0 Å². The number of fused-ring (bicyclic) bond motifs is 1. The van der Waals surface area contributed by atoms with E-state index in [4.69, 9.17) is 9.47 Å². The maximum Gasteiger partial charge on any atom is 0.301 e. The van der Waals surface area contributed by atoms with Crippen LogP contribution >= 0.6 is 11.3 Å². The van der Waals surface area contributed by atoms with Crippen LogP contribution in [0.4, 0.5) is 9.52 Å². The topological polar surface area (TPSA) is 89.0 Å². The number of halogens is 1. The summed E-state index contributed by atoms with van der Waals surface area (Å²) in [6.45, 7) is 0. The number of hydrogen-bond donors (Lipinski definition) is 1. The minimum absolute atomic E-state index is 0.113. The zero-order chi connectivity index (χ0) is 24.7. The number of aliphatic hydroxyl groups is 1. The second-order valence-corrected chi connectivity index (χ2v) is 8.76. The number of nitrogens with zero attached hydrogens (tertiary/aromatic N) is 2. The van der Waals surface area contributed by atoms with E-state index in [9.17, 15) is 19.1 Å². The third kappa shape index (κ3) is 3.79. The average Bonchev–Trinajstić information content (AvgIpc) is 3.41. The molecule has 4 aromatic rings. The molecule has 0 saturated carbocycles. The number of carbonyl (C=O) groups excluding carboxylic acids is 2. The first-order chi connectivity index (χ1) is 16.9. The summed E-state index contributed by atoms with van der Waals surface area (Å²) >= 11 is 1.07. The van der Waals surface area contributed by atoms with E-state index in [1.165, 1.54) is 37.3 Å². The Morgan fingerprint density at radius 3 is 2.51 bits per heavy atom. The van der Waals surface area contributed by atoms with Gasteiger partial charge < -0.3 is 14.6 Å². The van der Waals surface area contributed by atoms with E-state index >= 15 is 0 Å². The highest BCUT2D eigenvalue weighted by molar-refractivity contribution is 7.22. The summed E-state index contributed by atoms with van der Waals surface area (Å²) in [5.74, 6) is -1.65. The Hall–Kier alpha value is -4.24. The lowest BCUT2D eigenvalue weighted by Crippen LogP contribution is -2.29. The van der Waals surface area contributed by atoms with E-state index in [0.29, 0.717) is 32.8 Å². The molecule has 5 rings (SSSR count). The molecule has 1 aliphatic rings. The number of amides is 1. The van der Waals surface area contributed by atoms with E-state index in [2.05, 4.69) is 4.98 Å². The SMILES string of the molecule is COc1ccc(OC)c(C2C(=C(O)c3ccccc3)C(=O)C(=O)N2c2nc3ccc(F)cc3s2)c1. The van der Waals surface area contributed by atoms with Crippen molar-refractivity contribution >= 4 is 44.1 Å². The van der Waals surface area contributed by atoms with Crippen LogP contribution in [-0.2, 0) is 9.59 Å². The number of carbonyl (C=O) groups is 2. The highest BCUT2D eigenvalue weighted by Crippen LogP contribution is 2.47. The molecule has 2 heterocycles. The first-order valence-electron chi connectivity index (χ1n) is 10.6. The van der Waals surface area contributed by atoms with E-state index in [0.717, 1.165) is 11.3 Å². The molecule has 1 fully saturated rings. The minimum Gasteiger partial charge on any atom is -0.507 e. The molecule has 7 nitrogen and oxygen atoms in total. The second kappa shape index (κ2) is 8.84. The zero-order valence-corrected chi connectivity index (χ0v) is 19.5. The fourth-order valence-corrected chi connectivity index (χ4v) is 5.14. The van der Waals surface area contributed by atoms with Crippen molar-refractivity contribution in [3.8, 4) is 11.5 Å². The first kappa shape index (κ1) is 22.5. The van der Waals surface area contributed by atoms with E-state index in [1.807, 2.05) is 0 Å². The van der Waals surface area contributed by atoms with Gasteiger partial charge in [-0.1, -0.05) is 41.7 Å². The van der Waals surface area contributed by atoms with Gasteiger partial charge in [-0.2, -0.15) is 0 Å². The van der Waals surface area contributed by atoms with Crippen LogP contribution in [0, 0.1) is 5.82 Å². The van der Waals surface area contributed by atoms with Crippen LogP contribution in [0.2, 0.25) is 0 Å². The molecule has 0 radical (unpaired) electrons. The van der Waals surface area contributed by atoms with Crippen molar-refractivity contribution in [2.45, 2.75) is 6.04 Å². The molecule has 1 unspecified atom stereocenters. The Morgan fingerprint density at radius 1 is 1.03 bits per heavy atom. The van der Waals surface area contributed by atoms with Crippen molar-refractivity contribution in [3.63, 3.8) is 0 Å². The van der Waals surface area contributed by atoms with Crippen LogP contribution in [0.15, 0.2) is 72.3 Å². The fourth-order valence-electron chi connectivity index (χ4n) is 4.12. The van der Waals surface area contributed by atoms with Crippen molar-refractivity contribution in [1.82, 2.24) is 4.98 Å². The highest BCUT2D eigenvalue weighted by atomic mass is 32.1. The Morgan fingerprint density at radius 2 is 1.80 bits per heavy atom. The summed E-state index contributed by atoms with van der Waals surface area (Å²) in [6, 6.07) is 16.5. The molecule has 0 spiro atoms. The molecule has 1 amide bonds. The standard InChI is InChI=1S/C26H19FN2O5S/c1-33-16-9-11-19(34-2)17(13-16)22-21(23(30)14-6-4-3-5-7-14)24(31)25(32)29(22)26-28-18-10-8-15(27)12-20(18)35-26/h3-13,22,30H,1-2H3. The molecule has 1 aromatic heterocycles. The summed E-state index contributed by atoms with van der Waals surface area (Å²) < 4.78 is 25.2. The predicted octanol–water partition coefficient (Wildman–Crippen LogP) is 5.08. The van der Waals surface area contributed by atoms with Crippen LogP contribution in [0.3, 0.4) is 0 Å². The summed E-state index contributed by atoms with van der Waals surface area (Å²) in [5.41, 5.74) is 1.17. The minimum atomic E-state index is -1.06. The van der Waals surface area contributed by atoms with Gasteiger partial charge in [-0.3, -0.25) is 14.5 Å². The molecule has 0 bridgehead atoms. The van der Waals surface area contributed by atoms with Gasteiger partial charge >= 0.3 is 5.91 Å². The zero-order valence-electron chi connectivity index (χ0n) is 18.7. The number of anilines is 1. The van der Waals surface area contributed by atoms with Crippen molar-refractivity contribution in [3.05, 3.63) is 89.2 Å². The molecule has 1 N–H and O–H groups in total. The number of ether oxygens (including phenoxy) is 2. The lowest BCUT2D eigenvalue weighted by Gasteiger charge is -2.25. The van der Waals surface area contributed by atoms with Gasteiger partial charge in [-0.15, -0.1) is 0 Å². The number of aliphatic hydroxyl groups excluding tert-OH is 1. The number of hydrogen-bond acceptors (Lipinski definition) is 7. The number of thiazole rings is 1. The van der Waals surface area contributed by atoms with Crippen LogP contribution in [-0.4, -0.2) is 36.0 Å². The number of Topliss-reactive ketones (excluding diaryl/α,β-unsaturated/α-hetero) is 1. The maximum absolute atomic E-state index is 13.8. The number of aromatic nitrogens is 1. The van der Waals surface area contributed by atoms with Crippen molar-refractivity contribution < 1.29 is 28.6 Å². The highest BCUT2D eigenvalue weighted by Gasteiger charge is 2.49. The molecule has 1 atom stereocenters. The third-order valence-electron chi connectivity index (χ3n) is 5.77. The van der Waals surface area contributed by atoms with Gasteiger partial charge in [0.2, 0.25) is 0 Å². The Balaban J connectivity index is 1.79. The Kier molecular flexibility index (Phi) is 5.70. The monoisotopic (exact) mass is 490 g/mol. The average molecular weight is 491 g/mol. The lowest BCUT2D eigenvalue weighted by molar-refractivity contribution is -0.132. The molecule has 176 valence electrons. The number of ketones is 1. The lowest BCUT2D eigenvalue weighted by atomic mass is 9.94. The van der Waals surface area contributed by atoms with Gasteiger partial charge in [-0.05, 0) is 36.4 Å². The van der Waals surface area contributed by atoms with Gasteiger partial charge in [0.15, 0.2) is 5.13 Å². The second-order valence-electron chi connectivity index (χ2n) is 7.75. The molecular formula is C26H19FN2O5S. The van der Waals surface area contributed by atoms with Gasteiger partial charge in [0.25, 0.3) is 5.78 Å². The van der Waals surface area contributed by atoms with Crippen LogP contribution < -0.4 is 14.4 Å². The van der Waals surface area contributed by atoms with Gasteiger partial charge in [-0.25, -0.2) is 9.37 Å². The fraction of sp³-hybridized carbons (Fsp3) is 0.115. The quantitative estimate of drug-likeness (QED) is 0.239. The Bertz CT molecular complexity index is 1500. The van der Waals surface area contributed by atoms with Gasteiger partial charge in [0, 0.05) is 11.1 Å². The number of benzene rings is 3. The molecular weight excluding hydrogens is 471 g/mol. The summed E-state index contributed by atoms with van der Waals surface area (Å²) in [5, 5.41) is 11.4. The number of methoxy groups -OCH3 is 2. The largest absolute Gasteiger partial charge is 0.507 e. The van der Waals surface area contributed by atoms with E-state index in [1.54, 1.807) is 48.5 Å². The van der Waals surface area contributed by atoms with E-state index < -0.39 is 23.5 Å². The molecule has 1 aliphatic heterocycles. The van der Waals surface area contributed by atoms with Crippen molar-refractivity contribution in [1.29, 1.82) is 0 Å². The predicted molar refractivity (Wildman–Crippen MR) is 130 cm³/mol. The molecule has 1 saturated heterocycles.